The van der Waals surface area contributed by atoms with Gasteiger partial charge >= 0.3 is 0 Å². The molecule has 0 bridgehead atoms. The van der Waals surface area contributed by atoms with Gasteiger partial charge in [-0.3, -0.25) is 9.78 Å². The molecule has 1 amide bonds. The van der Waals surface area contributed by atoms with Crippen LogP contribution in [0, 0.1) is 5.41 Å². The highest BCUT2D eigenvalue weighted by Gasteiger charge is 2.35. The lowest BCUT2D eigenvalue weighted by atomic mass is 9.83. The molecule has 158 valence electrons. The predicted octanol–water partition coefficient (Wildman–Crippen LogP) is 2.35. The topological polar surface area (TPSA) is 113 Å². The van der Waals surface area contributed by atoms with E-state index in [1.54, 1.807) is 12.3 Å². The van der Waals surface area contributed by atoms with Crippen molar-refractivity contribution in [3.05, 3.63) is 36.5 Å². The first-order valence-corrected chi connectivity index (χ1v) is 9.36. The van der Waals surface area contributed by atoms with Gasteiger partial charge in [0.05, 0.1) is 11.6 Å². The van der Waals surface area contributed by atoms with Gasteiger partial charge in [0.2, 0.25) is 0 Å². The molecule has 0 aliphatic heterocycles. The second kappa shape index (κ2) is 9.78. The zero-order valence-corrected chi connectivity index (χ0v) is 17.4. The van der Waals surface area contributed by atoms with Gasteiger partial charge in [0.1, 0.15) is 17.9 Å². The standard InChI is InChI=1S/C21H29N3O5/c1-13(25)19(27)18(20(28-5)21(2,3)4)24-29-12-17(26)23-15-8-9-16-14(11-15)7-6-10-22-16/h6-11,13,19-20,25,27H,12H2,1-5H3,(H,23,26)/b24-18+/t13-,19+,20-/m1/s1. The second-order valence-corrected chi connectivity index (χ2v) is 7.92. The number of oxime groups is 1. The van der Waals surface area contributed by atoms with Crippen LogP contribution in [-0.2, 0) is 14.4 Å². The number of aromatic nitrogens is 1. The molecule has 8 heteroatoms. The van der Waals surface area contributed by atoms with Crippen LogP contribution in [0.3, 0.4) is 0 Å². The lowest BCUT2D eigenvalue weighted by Crippen LogP contribution is -2.46. The summed E-state index contributed by atoms with van der Waals surface area (Å²) in [5.41, 5.74) is 1.15. The molecule has 0 spiro atoms. The Morgan fingerprint density at radius 1 is 1.28 bits per heavy atom. The Morgan fingerprint density at radius 3 is 2.62 bits per heavy atom. The highest BCUT2D eigenvalue weighted by molar-refractivity contribution is 5.95. The number of anilines is 1. The zero-order valence-electron chi connectivity index (χ0n) is 17.4. The Morgan fingerprint density at radius 2 is 2.00 bits per heavy atom. The lowest BCUT2D eigenvalue weighted by Gasteiger charge is -2.32. The average Bonchev–Trinajstić information content (AvgIpc) is 2.65. The second-order valence-electron chi connectivity index (χ2n) is 7.92. The Labute approximate surface area is 170 Å². The van der Waals surface area contributed by atoms with Gasteiger partial charge < -0.3 is 25.1 Å². The van der Waals surface area contributed by atoms with Gasteiger partial charge in [0, 0.05) is 24.4 Å². The number of hydrogen-bond donors (Lipinski definition) is 3. The van der Waals surface area contributed by atoms with Crippen molar-refractivity contribution in [1.29, 1.82) is 0 Å². The zero-order chi connectivity index (χ0) is 21.6. The van der Waals surface area contributed by atoms with E-state index in [1.165, 1.54) is 14.0 Å². The number of nitrogens with one attached hydrogen (secondary N) is 1. The van der Waals surface area contributed by atoms with E-state index in [0.717, 1.165) is 10.9 Å². The fourth-order valence-electron chi connectivity index (χ4n) is 2.94. The van der Waals surface area contributed by atoms with Crippen LogP contribution in [0.5, 0.6) is 0 Å². The largest absolute Gasteiger partial charge is 0.390 e. The van der Waals surface area contributed by atoms with Crippen LogP contribution in [0.2, 0.25) is 0 Å². The first-order chi connectivity index (χ1) is 13.6. The fraction of sp³-hybridized carbons (Fsp3) is 0.476. The summed E-state index contributed by atoms with van der Waals surface area (Å²) in [6.07, 6.45) is -1.26. The number of pyridine rings is 1. The molecule has 0 aliphatic rings. The molecule has 0 aliphatic carbocycles. The Balaban J connectivity index is 2.07. The summed E-state index contributed by atoms with van der Waals surface area (Å²) < 4.78 is 5.45. The van der Waals surface area contributed by atoms with Crippen LogP contribution in [-0.4, -0.2) is 58.8 Å². The summed E-state index contributed by atoms with van der Waals surface area (Å²) in [6.45, 7) is 6.81. The van der Waals surface area contributed by atoms with E-state index in [-0.39, 0.29) is 12.3 Å². The van der Waals surface area contributed by atoms with Crippen LogP contribution < -0.4 is 5.32 Å². The smallest absolute Gasteiger partial charge is 0.265 e. The van der Waals surface area contributed by atoms with E-state index in [9.17, 15) is 15.0 Å². The number of methoxy groups -OCH3 is 1. The van der Waals surface area contributed by atoms with Crippen LogP contribution >= 0.6 is 0 Å². The fourth-order valence-corrected chi connectivity index (χ4v) is 2.94. The van der Waals surface area contributed by atoms with E-state index in [2.05, 4.69) is 15.5 Å². The third-order valence-corrected chi connectivity index (χ3v) is 4.30. The van der Waals surface area contributed by atoms with Gasteiger partial charge in [0.15, 0.2) is 6.61 Å². The van der Waals surface area contributed by atoms with E-state index in [1.807, 2.05) is 45.0 Å². The Kier molecular flexibility index (Phi) is 7.66. The highest BCUT2D eigenvalue weighted by Crippen LogP contribution is 2.25. The van der Waals surface area contributed by atoms with Gasteiger partial charge in [-0.2, -0.15) is 0 Å². The van der Waals surface area contributed by atoms with E-state index in [0.29, 0.717) is 5.69 Å². The van der Waals surface area contributed by atoms with Crippen molar-refractivity contribution < 1.29 is 24.6 Å². The molecule has 2 rings (SSSR count). The molecule has 8 nitrogen and oxygen atoms in total. The Hall–Kier alpha value is -2.55. The summed E-state index contributed by atoms with van der Waals surface area (Å²) in [6, 6.07) is 9.10. The monoisotopic (exact) mass is 403 g/mol. The minimum absolute atomic E-state index is 0.125. The number of aliphatic hydroxyl groups excluding tert-OH is 2. The van der Waals surface area contributed by atoms with Crippen molar-refractivity contribution in [1.82, 2.24) is 4.98 Å². The summed E-state index contributed by atoms with van der Waals surface area (Å²) in [7, 11) is 1.49. The van der Waals surface area contributed by atoms with Gasteiger partial charge in [-0.15, -0.1) is 0 Å². The number of fused-ring (bicyclic) bond motifs is 1. The number of nitrogens with zero attached hydrogens (tertiary/aromatic N) is 2. The molecule has 0 radical (unpaired) electrons. The third-order valence-electron chi connectivity index (χ3n) is 4.30. The molecule has 3 atom stereocenters. The van der Waals surface area contributed by atoms with Crippen LogP contribution in [0.25, 0.3) is 10.9 Å². The molecule has 29 heavy (non-hydrogen) atoms. The van der Waals surface area contributed by atoms with Gasteiger partial charge in [-0.05, 0) is 36.6 Å². The maximum atomic E-state index is 12.2. The van der Waals surface area contributed by atoms with Crippen LogP contribution in [0.15, 0.2) is 41.7 Å². The number of carbonyl (C=O) groups excluding carboxylic acids is 1. The SMILES string of the molecule is CO[C@H](/C(=N/OCC(=O)Nc1ccc2ncccc2c1)[C@@H](O)[C@@H](C)O)C(C)(C)C. The molecule has 1 aromatic carbocycles. The highest BCUT2D eigenvalue weighted by atomic mass is 16.6. The third kappa shape index (κ3) is 6.22. The minimum Gasteiger partial charge on any atom is -0.390 e. The van der Waals surface area contributed by atoms with Crippen molar-refractivity contribution in [2.24, 2.45) is 10.6 Å². The normalized spacial score (nSPS) is 15.6. The quantitative estimate of drug-likeness (QED) is 0.461. The number of hydrogen-bond acceptors (Lipinski definition) is 7. The number of benzene rings is 1. The Bertz CT molecular complexity index is 861. The summed E-state index contributed by atoms with van der Waals surface area (Å²) in [5.74, 6) is -0.410. The van der Waals surface area contributed by atoms with E-state index in [4.69, 9.17) is 9.57 Å². The van der Waals surface area contributed by atoms with Crippen molar-refractivity contribution in [2.75, 3.05) is 19.0 Å². The van der Waals surface area contributed by atoms with Crippen molar-refractivity contribution in [3.8, 4) is 0 Å². The molecule has 2 aromatic rings. The molecular formula is C21H29N3O5. The molecule has 0 saturated heterocycles. The number of aliphatic hydroxyl groups is 2. The lowest BCUT2D eigenvalue weighted by molar-refractivity contribution is -0.120. The maximum Gasteiger partial charge on any atom is 0.265 e. The van der Waals surface area contributed by atoms with Gasteiger partial charge in [0.25, 0.3) is 5.91 Å². The molecule has 1 heterocycles. The first kappa shape index (κ1) is 22.7. The predicted molar refractivity (Wildman–Crippen MR) is 112 cm³/mol. The summed E-state index contributed by atoms with van der Waals surface area (Å²) in [4.78, 5) is 21.6. The van der Waals surface area contributed by atoms with E-state index >= 15 is 0 Å². The number of carbonyl (C=O) groups is 1. The van der Waals surface area contributed by atoms with Crippen LogP contribution in [0.4, 0.5) is 5.69 Å². The molecule has 1 aromatic heterocycles. The first-order valence-electron chi connectivity index (χ1n) is 9.36. The summed E-state index contributed by atoms with van der Waals surface area (Å²) >= 11 is 0. The number of ether oxygens (including phenoxy) is 1. The van der Waals surface area contributed by atoms with Crippen molar-refractivity contribution in [3.63, 3.8) is 0 Å². The molecular weight excluding hydrogens is 374 g/mol. The molecule has 0 unspecified atom stereocenters. The van der Waals surface area contributed by atoms with Gasteiger partial charge in [-0.25, -0.2) is 0 Å². The minimum atomic E-state index is -1.28. The summed E-state index contributed by atoms with van der Waals surface area (Å²) in [5, 5.41) is 27.6. The van der Waals surface area contributed by atoms with Crippen LogP contribution in [0.1, 0.15) is 27.7 Å². The van der Waals surface area contributed by atoms with Gasteiger partial charge in [-0.1, -0.05) is 32.0 Å². The number of rotatable bonds is 8. The maximum absolute atomic E-state index is 12.2. The number of amides is 1. The van der Waals surface area contributed by atoms with E-state index < -0.39 is 29.6 Å². The molecule has 0 saturated carbocycles. The molecule has 0 fully saturated rings. The molecule has 3 N–H and O–H groups in total. The average molecular weight is 403 g/mol. The van der Waals surface area contributed by atoms with Crippen molar-refractivity contribution >= 4 is 28.2 Å². The van der Waals surface area contributed by atoms with Crippen molar-refractivity contribution in [2.45, 2.75) is 46.0 Å².